The van der Waals surface area contributed by atoms with Crippen LogP contribution in [0.3, 0.4) is 0 Å². The van der Waals surface area contributed by atoms with Gasteiger partial charge in [0.25, 0.3) is 0 Å². The van der Waals surface area contributed by atoms with E-state index in [1.165, 1.54) is 0 Å². The van der Waals surface area contributed by atoms with E-state index in [2.05, 4.69) is 4.99 Å². The SMILES string of the molecule is CN(C)/C=C1/N=C(C(c2ccccc2)c2ccccc2)OC1=O. The minimum Gasteiger partial charge on any atom is -0.406 e. The van der Waals surface area contributed by atoms with Crippen LogP contribution >= 0.6 is 0 Å². The highest BCUT2D eigenvalue weighted by Gasteiger charge is 2.31. The Hall–Kier alpha value is -2.88. The second kappa shape index (κ2) is 6.48. The van der Waals surface area contributed by atoms with Gasteiger partial charge in [-0.25, -0.2) is 9.79 Å². The van der Waals surface area contributed by atoms with Crippen LogP contribution < -0.4 is 0 Å². The quantitative estimate of drug-likeness (QED) is 0.643. The van der Waals surface area contributed by atoms with Gasteiger partial charge in [0.2, 0.25) is 5.90 Å². The molecule has 0 atom stereocenters. The molecule has 4 nitrogen and oxygen atoms in total. The summed E-state index contributed by atoms with van der Waals surface area (Å²) >= 11 is 0. The van der Waals surface area contributed by atoms with Gasteiger partial charge in [0, 0.05) is 20.3 Å². The second-order valence-corrected chi connectivity index (χ2v) is 5.57. The molecule has 0 radical (unpaired) electrons. The maximum atomic E-state index is 12.1. The molecule has 23 heavy (non-hydrogen) atoms. The molecule has 0 spiro atoms. The summed E-state index contributed by atoms with van der Waals surface area (Å²) in [5.41, 5.74) is 2.40. The first kappa shape index (κ1) is 15.0. The van der Waals surface area contributed by atoms with E-state index in [4.69, 9.17) is 4.74 Å². The molecule has 0 aromatic heterocycles. The highest BCUT2D eigenvalue weighted by Crippen LogP contribution is 2.30. The van der Waals surface area contributed by atoms with Crippen molar-refractivity contribution in [2.45, 2.75) is 5.92 Å². The van der Waals surface area contributed by atoms with Crippen LogP contribution in [-0.2, 0) is 9.53 Å². The largest absolute Gasteiger partial charge is 0.406 e. The first-order valence-corrected chi connectivity index (χ1v) is 7.44. The molecule has 0 fully saturated rings. The fraction of sp³-hybridized carbons (Fsp3) is 0.158. The van der Waals surface area contributed by atoms with E-state index < -0.39 is 5.97 Å². The molecule has 0 N–H and O–H groups in total. The Morgan fingerprint density at radius 2 is 1.48 bits per heavy atom. The number of aliphatic imine (C=N–C) groups is 1. The number of hydrogen-bond donors (Lipinski definition) is 0. The summed E-state index contributed by atoms with van der Waals surface area (Å²) in [6.45, 7) is 0. The average molecular weight is 306 g/mol. The third-order valence-corrected chi connectivity index (χ3v) is 3.53. The van der Waals surface area contributed by atoms with Gasteiger partial charge in [0.05, 0.1) is 5.92 Å². The standard InChI is InChI=1S/C19H18N2O2/c1-21(2)13-16-19(22)23-18(20-16)17(14-9-5-3-6-10-14)15-11-7-4-8-12-15/h3-13,17H,1-2H3/b16-13+. The van der Waals surface area contributed by atoms with Crippen LogP contribution in [-0.4, -0.2) is 30.9 Å². The number of carbonyl (C=O) groups excluding carboxylic acids is 1. The van der Waals surface area contributed by atoms with Crippen LogP contribution in [0.2, 0.25) is 0 Å². The maximum absolute atomic E-state index is 12.1. The lowest BCUT2D eigenvalue weighted by Crippen LogP contribution is -2.16. The number of ether oxygens (including phenoxy) is 1. The van der Waals surface area contributed by atoms with E-state index in [0.29, 0.717) is 11.6 Å². The molecular formula is C19H18N2O2. The van der Waals surface area contributed by atoms with Gasteiger partial charge >= 0.3 is 5.97 Å². The third kappa shape index (κ3) is 3.31. The summed E-state index contributed by atoms with van der Waals surface area (Å²) in [5, 5.41) is 0. The Bertz CT molecular complexity index is 710. The monoisotopic (exact) mass is 306 g/mol. The molecule has 0 saturated carbocycles. The topological polar surface area (TPSA) is 41.9 Å². The number of hydrogen-bond acceptors (Lipinski definition) is 4. The summed E-state index contributed by atoms with van der Waals surface area (Å²) in [6, 6.07) is 19.9. The van der Waals surface area contributed by atoms with E-state index in [1.807, 2.05) is 74.8 Å². The van der Waals surface area contributed by atoms with Crippen LogP contribution in [0.15, 0.2) is 77.6 Å². The fourth-order valence-corrected chi connectivity index (χ4v) is 2.55. The molecule has 1 aliphatic heterocycles. The number of esters is 1. The predicted molar refractivity (Wildman–Crippen MR) is 90.0 cm³/mol. The minimum absolute atomic E-state index is 0.200. The van der Waals surface area contributed by atoms with Crippen LogP contribution in [0, 0.1) is 0 Å². The van der Waals surface area contributed by atoms with Crippen LogP contribution in [0.25, 0.3) is 0 Å². The van der Waals surface area contributed by atoms with Crippen molar-refractivity contribution in [1.82, 2.24) is 4.90 Å². The first-order chi connectivity index (χ1) is 11.1. The molecule has 116 valence electrons. The van der Waals surface area contributed by atoms with E-state index in [9.17, 15) is 4.79 Å². The Morgan fingerprint density at radius 1 is 0.957 bits per heavy atom. The van der Waals surface area contributed by atoms with Crippen LogP contribution in [0.5, 0.6) is 0 Å². The lowest BCUT2D eigenvalue weighted by Gasteiger charge is -2.16. The van der Waals surface area contributed by atoms with Crippen LogP contribution in [0.4, 0.5) is 0 Å². The van der Waals surface area contributed by atoms with Crippen molar-refractivity contribution < 1.29 is 9.53 Å². The molecular weight excluding hydrogens is 288 g/mol. The van der Waals surface area contributed by atoms with Crippen molar-refractivity contribution in [1.29, 1.82) is 0 Å². The Morgan fingerprint density at radius 3 is 1.96 bits per heavy atom. The van der Waals surface area contributed by atoms with Gasteiger partial charge in [-0.2, -0.15) is 0 Å². The van der Waals surface area contributed by atoms with Crippen molar-refractivity contribution in [3.8, 4) is 0 Å². The van der Waals surface area contributed by atoms with Crippen molar-refractivity contribution in [2.24, 2.45) is 4.99 Å². The van der Waals surface area contributed by atoms with Gasteiger partial charge in [0.1, 0.15) is 0 Å². The maximum Gasteiger partial charge on any atom is 0.365 e. The first-order valence-electron chi connectivity index (χ1n) is 7.44. The number of benzene rings is 2. The Kier molecular flexibility index (Phi) is 4.24. The van der Waals surface area contributed by atoms with Gasteiger partial charge in [-0.15, -0.1) is 0 Å². The van der Waals surface area contributed by atoms with Crippen molar-refractivity contribution >= 4 is 11.9 Å². The van der Waals surface area contributed by atoms with E-state index in [0.717, 1.165) is 11.1 Å². The number of nitrogens with zero attached hydrogens (tertiary/aromatic N) is 2. The lowest BCUT2D eigenvalue weighted by atomic mass is 9.91. The van der Waals surface area contributed by atoms with Gasteiger partial charge in [-0.3, -0.25) is 0 Å². The number of carbonyl (C=O) groups is 1. The molecule has 2 aromatic rings. The van der Waals surface area contributed by atoms with Gasteiger partial charge in [0.15, 0.2) is 5.70 Å². The van der Waals surface area contributed by atoms with E-state index >= 15 is 0 Å². The molecule has 4 heteroatoms. The lowest BCUT2D eigenvalue weighted by molar-refractivity contribution is -0.130. The number of cyclic esters (lactones) is 1. The molecule has 1 heterocycles. The van der Waals surface area contributed by atoms with Gasteiger partial charge in [-0.1, -0.05) is 60.7 Å². The average Bonchev–Trinajstić information content (AvgIpc) is 2.89. The second-order valence-electron chi connectivity index (χ2n) is 5.57. The minimum atomic E-state index is -0.412. The van der Waals surface area contributed by atoms with Gasteiger partial charge in [-0.05, 0) is 11.1 Å². The Balaban J connectivity index is 2.05. The smallest absolute Gasteiger partial charge is 0.365 e. The third-order valence-electron chi connectivity index (χ3n) is 3.53. The molecule has 3 rings (SSSR count). The molecule has 0 unspecified atom stereocenters. The van der Waals surface area contributed by atoms with Crippen molar-refractivity contribution in [2.75, 3.05) is 14.1 Å². The highest BCUT2D eigenvalue weighted by molar-refractivity contribution is 6.07. The summed E-state index contributed by atoms with van der Waals surface area (Å²) in [6.07, 6.45) is 1.67. The molecule has 0 amide bonds. The predicted octanol–water partition coefficient (Wildman–Crippen LogP) is 3.18. The van der Waals surface area contributed by atoms with Crippen molar-refractivity contribution in [3.05, 3.63) is 83.7 Å². The van der Waals surface area contributed by atoms with Crippen LogP contribution in [0.1, 0.15) is 17.0 Å². The molecule has 0 saturated heterocycles. The normalized spacial score (nSPS) is 15.7. The summed E-state index contributed by atoms with van der Waals surface area (Å²) in [4.78, 5) is 18.3. The number of rotatable bonds is 4. The highest BCUT2D eigenvalue weighted by atomic mass is 16.6. The molecule has 0 aliphatic carbocycles. The Labute approximate surface area is 135 Å². The van der Waals surface area contributed by atoms with E-state index in [1.54, 1.807) is 11.1 Å². The summed E-state index contributed by atoms with van der Waals surface area (Å²) in [7, 11) is 3.69. The molecule has 1 aliphatic rings. The van der Waals surface area contributed by atoms with Gasteiger partial charge < -0.3 is 9.64 Å². The zero-order valence-electron chi connectivity index (χ0n) is 13.1. The fourth-order valence-electron chi connectivity index (χ4n) is 2.55. The summed E-state index contributed by atoms with van der Waals surface area (Å²) < 4.78 is 5.46. The zero-order valence-corrected chi connectivity index (χ0v) is 13.1. The summed E-state index contributed by atoms with van der Waals surface area (Å²) in [5.74, 6) is -0.194. The zero-order chi connectivity index (χ0) is 16.2. The van der Waals surface area contributed by atoms with E-state index in [-0.39, 0.29) is 5.92 Å². The molecule has 2 aromatic carbocycles. The van der Waals surface area contributed by atoms with Crippen molar-refractivity contribution in [3.63, 3.8) is 0 Å². The molecule has 0 bridgehead atoms.